The minimum Gasteiger partial charge on any atom is -0.481 e. The van der Waals surface area contributed by atoms with Crippen LogP contribution >= 0.6 is 0 Å². The second-order valence-corrected chi connectivity index (χ2v) is 6.64. The molecule has 0 aliphatic carbocycles. The van der Waals surface area contributed by atoms with E-state index in [9.17, 15) is 13.2 Å². The first-order valence-electron chi connectivity index (χ1n) is 6.04. The van der Waals surface area contributed by atoms with Crippen molar-refractivity contribution in [3.63, 3.8) is 0 Å². The molecule has 0 aromatic carbocycles. The number of carboxylic acids is 1. The van der Waals surface area contributed by atoms with Crippen LogP contribution in [0.5, 0.6) is 0 Å². The summed E-state index contributed by atoms with van der Waals surface area (Å²) in [6.45, 7) is 2.16. The molecule has 1 unspecified atom stereocenters. The number of nitrogens with zero attached hydrogens (tertiary/aromatic N) is 2. The summed E-state index contributed by atoms with van der Waals surface area (Å²) in [6, 6.07) is 1.36. The Balaban J connectivity index is 2.16. The lowest BCUT2D eigenvalue weighted by molar-refractivity contribution is -0.136. The topological polar surface area (TPSA) is 101 Å². The predicted octanol–water partition coefficient (Wildman–Crippen LogP) is 0.924. The van der Waals surface area contributed by atoms with Gasteiger partial charge in [-0.1, -0.05) is 5.16 Å². The molecule has 0 bridgehead atoms. The zero-order valence-corrected chi connectivity index (χ0v) is 11.4. The molecule has 1 aromatic rings. The van der Waals surface area contributed by atoms with Crippen LogP contribution in [0.15, 0.2) is 10.6 Å². The van der Waals surface area contributed by atoms with Crippen LogP contribution in [0.4, 0.5) is 0 Å². The number of aryl methyl sites for hydroxylation is 1. The molecule has 19 heavy (non-hydrogen) atoms. The van der Waals surface area contributed by atoms with Crippen LogP contribution in [0.3, 0.4) is 0 Å². The summed E-state index contributed by atoms with van der Waals surface area (Å²) in [7, 11) is -3.58. The summed E-state index contributed by atoms with van der Waals surface area (Å²) in [5.41, 5.74) is 0.699. The Morgan fingerprint density at radius 2 is 2.37 bits per heavy atom. The quantitative estimate of drug-likeness (QED) is 0.864. The Labute approximate surface area is 111 Å². The van der Waals surface area contributed by atoms with Crippen molar-refractivity contribution in [1.82, 2.24) is 9.46 Å². The van der Waals surface area contributed by atoms with Crippen molar-refractivity contribution < 1.29 is 22.8 Å². The van der Waals surface area contributed by atoms with Crippen molar-refractivity contribution in [3.8, 4) is 0 Å². The molecule has 8 heteroatoms. The van der Waals surface area contributed by atoms with Gasteiger partial charge in [-0.25, -0.2) is 8.42 Å². The second-order valence-electron chi connectivity index (χ2n) is 4.60. The fourth-order valence-corrected chi connectivity index (χ4v) is 3.90. The Morgan fingerprint density at radius 1 is 1.63 bits per heavy atom. The molecule has 2 rings (SSSR count). The fraction of sp³-hybridized carbons (Fsp3) is 0.636. The molecule has 1 atom stereocenters. The highest BCUT2D eigenvalue weighted by Gasteiger charge is 2.37. The van der Waals surface area contributed by atoms with Gasteiger partial charge in [-0.05, 0) is 19.8 Å². The molecule has 106 valence electrons. The third-order valence-electron chi connectivity index (χ3n) is 3.11. The molecule has 1 N–H and O–H groups in total. The van der Waals surface area contributed by atoms with Crippen molar-refractivity contribution in [2.75, 3.05) is 12.3 Å². The first-order chi connectivity index (χ1) is 8.90. The van der Waals surface area contributed by atoms with Crippen molar-refractivity contribution in [2.45, 2.75) is 32.2 Å². The summed E-state index contributed by atoms with van der Waals surface area (Å²) in [5, 5.41) is 12.4. The van der Waals surface area contributed by atoms with Gasteiger partial charge in [0, 0.05) is 12.6 Å². The zero-order chi connectivity index (χ0) is 14.0. The van der Waals surface area contributed by atoms with Gasteiger partial charge in [0.25, 0.3) is 0 Å². The van der Waals surface area contributed by atoms with E-state index in [0.29, 0.717) is 24.4 Å². The van der Waals surface area contributed by atoms with Gasteiger partial charge >= 0.3 is 5.97 Å². The van der Waals surface area contributed by atoms with Gasteiger partial charge in [0.1, 0.15) is 0 Å². The number of hydrogen-bond donors (Lipinski definition) is 1. The maximum absolute atomic E-state index is 12.1. The molecule has 2 heterocycles. The summed E-state index contributed by atoms with van der Waals surface area (Å²) in [6.07, 6.45) is 1.01. The lowest BCUT2D eigenvalue weighted by atomic mass is 10.2. The van der Waals surface area contributed by atoms with Crippen molar-refractivity contribution >= 4 is 16.0 Å². The highest BCUT2D eigenvalue weighted by molar-refractivity contribution is 7.89. The van der Waals surface area contributed by atoms with Gasteiger partial charge in [-0.2, -0.15) is 4.31 Å². The number of sulfonamides is 1. The Kier molecular flexibility index (Phi) is 3.91. The summed E-state index contributed by atoms with van der Waals surface area (Å²) in [4.78, 5) is 10.5. The average Bonchev–Trinajstić information content (AvgIpc) is 2.94. The minimum absolute atomic E-state index is 0.361. The van der Waals surface area contributed by atoms with Crippen LogP contribution < -0.4 is 0 Å². The van der Waals surface area contributed by atoms with E-state index in [1.165, 1.54) is 4.31 Å². The van der Waals surface area contributed by atoms with Gasteiger partial charge in [0.2, 0.25) is 10.0 Å². The van der Waals surface area contributed by atoms with Crippen LogP contribution in [0.1, 0.15) is 36.8 Å². The minimum atomic E-state index is -3.58. The van der Waals surface area contributed by atoms with Gasteiger partial charge in [0.05, 0.1) is 23.9 Å². The summed E-state index contributed by atoms with van der Waals surface area (Å²) in [5.74, 6) is -0.977. The van der Waals surface area contributed by atoms with Crippen LogP contribution in [-0.4, -0.2) is 41.3 Å². The Hall–Kier alpha value is -1.41. The number of aromatic nitrogens is 1. The molecular weight excluding hydrogens is 272 g/mol. The molecule has 1 aliphatic heterocycles. The van der Waals surface area contributed by atoms with Crippen LogP contribution in [0, 0.1) is 6.92 Å². The van der Waals surface area contributed by atoms with E-state index in [1.54, 1.807) is 13.0 Å². The number of carboxylic acid groups (broad SMARTS) is 1. The predicted molar refractivity (Wildman–Crippen MR) is 66.0 cm³/mol. The van der Waals surface area contributed by atoms with Crippen molar-refractivity contribution in [2.24, 2.45) is 0 Å². The average molecular weight is 288 g/mol. The monoisotopic (exact) mass is 288 g/mol. The van der Waals surface area contributed by atoms with E-state index in [2.05, 4.69) is 5.16 Å². The van der Waals surface area contributed by atoms with Gasteiger partial charge in [-0.15, -0.1) is 0 Å². The number of aliphatic carboxylic acids is 1. The lowest BCUT2D eigenvalue weighted by Crippen LogP contribution is -2.33. The highest BCUT2D eigenvalue weighted by Crippen LogP contribution is 2.34. The largest absolute Gasteiger partial charge is 0.481 e. The van der Waals surface area contributed by atoms with E-state index in [4.69, 9.17) is 9.63 Å². The molecule has 1 aliphatic rings. The molecule has 1 fully saturated rings. The fourth-order valence-electron chi connectivity index (χ4n) is 2.23. The third kappa shape index (κ3) is 3.13. The van der Waals surface area contributed by atoms with E-state index >= 15 is 0 Å². The summed E-state index contributed by atoms with van der Waals surface area (Å²) >= 11 is 0. The molecular formula is C11H16N2O5S. The molecule has 0 amide bonds. The Morgan fingerprint density at radius 3 is 2.95 bits per heavy atom. The maximum Gasteiger partial charge on any atom is 0.304 e. The lowest BCUT2D eigenvalue weighted by Gasteiger charge is -2.21. The molecule has 7 nitrogen and oxygen atoms in total. The molecule has 0 spiro atoms. The van der Waals surface area contributed by atoms with Gasteiger partial charge in [0.15, 0.2) is 5.76 Å². The van der Waals surface area contributed by atoms with Crippen molar-refractivity contribution in [1.29, 1.82) is 0 Å². The van der Waals surface area contributed by atoms with E-state index in [-0.39, 0.29) is 18.2 Å². The normalized spacial score (nSPS) is 20.8. The number of hydrogen-bond acceptors (Lipinski definition) is 5. The maximum atomic E-state index is 12.1. The second kappa shape index (κ2) is 5.30. The molecule has 0 radical (unpaired) electrons. The number of rotatable bonds is 5. The standard InChI is InChI=1S/C11H16N2O5S/c1-8-7-10(18-12-8)9-3-2-5-13(9)19(16,17)6-4-11(14)15/h7,9H,2-6H2,1H3,(H,14,15). The molecule has 0 saturated carbocycles. The Bertz CT molecular complexity index is 565. The van der Waals surface area contributed by atoms with Crippen LogP contribution in [-0.2, 0) is 14.8 Å². The van der Waals surface area contributed by atoms with Gasteiger partial charge in [-0.3, -0.25) is 4.79 Å². The molecule has 1 saturated heterocycles. The SMILES string of the molecule is Cc1cc(C2CCCN2S(=O)(=O)CCC(=O)O)on1. The van der Waals surface area contributed by atoms with E-state index in [1.807, 2.05) is 0 Å². The molecule has 1 aromatic heterocycles. The highest BCUT2D eigenvalue weighted by atomic mass is 32.2. The van der Waals surface area contributed by atoms with E-state index < -0.39 is 16.0 Å². The van der Waals surface area contributed by atoms with Crippen molar-refractivity contribution in [3.05, 3.63) is 17.5 Å². The smallest absolute Gasteiger partial charge is 0.304 e. The van der Waals surface area contributed by atoms with Crippen LogP contribution in [0.2, 0.25) is 0 Å². The van der Waals surface area contributed by atoms with Crippen LogP contribution in [0.25, 0.3) is 0 Å². The van der Waals surface area contributed by atoms with E-state index in [0.717, 1.165) is 6.42 Å². The summed E-state index contributed by atoms with van der Waals surface area (Å²) < 4.78 is 30.7. The number of carbonyl (C=O) groups is 1. The first-order valence-corrected chi connectivity index (χ1v) is 7.65. The first kappa shape index (κ1) is 14.0. The third-order valence-corrected chi connectivity index (χ3v) is 4.98. The van der Waals surface area contributed by atoms with Gasteiger partial charge < -0.3 is 9.63 Å². The zero-order valence-electron chi connectivity index (χ0n) is 10.6.